The molecule has 0 aliphatic rings. The lowest BCUT2D eigenvalue weighted by molar-refractivity contribution is 0.246. The van der Waals surface area contributed by atoms with Gasteiger partial charge in [-0.2, -0.15) is 0 Å². The van der Waals surface area contributed by atoms with Crippen molar-refractivity contribution < 1.29 is 4.79 Å². The van der Waals surface area contributed by atoms with Crippen molar-refractivity contribution >= 4 is 22.0 Å². The molecule has 4 heteroatoms. The van der Waals surface area contributed by atoms with Gasteiger partial charge in [0, 0.05) is 4.47 Å². The van der Waals surface area contributed by atoms with Crippen LogP contribution in [0.4, 0.5) is 4.79 Å². The summed E-state index contributed by atoms with van der Waals surface area (Å²) in [6.07, 6.45) is 0. The Morgan fingerprint density at radius 3 is 2.71 bits per heavy atom. The van der Waals surface area contributed by atoms with Gasteiger partial charge in [-0.1, -0.05) is 28.1 Å². The van der Waals surface area contributed by atoms with Crippen molar-refractivity contribution in [2.24, 2.45) is 5.73 Å². The Morgan fingerprint density at radius 1 is 1.57 bits per heavy atom. The van der Waals surface area contributed by atoms with Crippen LogP contribution in [0.2, 0.25) is 0 Å². The average Bonchev–Trinajstić information content (AvgIpc) is 2.08. The monoisotopic (exact) mass is 256 g/mol. The van der Waals surface area contributed by atoms with Crippen LogP contribution >= 0.6 is 15.9 Å². The van der Waals surface area contributed by atoms with Gasteiger partial charge in [0.2, 0.25) is 0 Å². The molecule has 1 aromatic carbocycles. The number of hydrogen-bond acceptors (Lipinski definition) is 1. The third-order valence-corrected chi connectivity index (χ3v) is 2.91. The van der Waals surface area contributed by atoms with Gasteiger partial charge in [-0.15, -0.1) is 0 Å². The van der Waals surface area contributed by atoms with Crippen LogP contribution in [0.5, 0.6) is 0 Å². The summed E-state index contributed by atoms with van der Waals surface area (Å²) in [6.45, 7) is 3.90. The highest BCUT2D eigenvalue weighted by Crippen LogP contribution is 2.21. The zero-order chi connectivity index (χ0) is 10.7. The van der Waals surface area contributed by atoms with Crippen molar-refractivity contribution in [3.05, 3.63) is 33.8 Å². The van der Waals surface area contributed by atoms with Gasteiger partial charge in [0.25, 0.3) is 0 Å². The maximum absolute atomic E-state index is 10.6. The van der Waals surface area contributed by atoms with Crippen molar-refractivity contribution in [3.63, 3.8) is 0 Å². The van der Waals surface area contributed by atoms with Crippen LogP contribution in [0.15, 0.2) is 22.7 Å². The van der Waals surface area contributed by atoms with E-state index < -0.39 is 6.03 Å². The van der Waals surface area contributed by atoms with Gasteiger partial charge in [-0.3, -0.25) is 0 Å². The predicted octanol–water partition coefficient (Wildman–Crippen LogP) is 2.49. The lowest BCUT2D eigenvalue weighted by Gasteiger charge is -2.13. The quantitative estimate of drug-likeness (QED) is 0.840. The minimum Gasteiger partial charge on any atom is -0.352 e. The Hall–Kier alpha value is -1.03. The smallest absolute Gasteiger partial charge is 0.312 e. The Labute approximate surface area is 91.8 Å². The Kier molecular flexibility index (Phi) is 3.52. The predicted molar refractivity (Wildman–Crippen MR) is 60.0 cm³/mol. The van der Waals surface area contributed by atoms with E-state index in [1.54, 1.807) is 0 Å². The lowest BCUT2D eigenvalue weighted by Crippen LogP contribution is -2.31. The number of benzene rings is 1. The molecule has 1 rings (SSSR count). The van der Waals surface area contributed by atoms with Crippen LogP contribution in [-0.4, -0.2) is 6.03 Å². The number of hydrogen-bond donors (Lipinski definition) is 2. The molecule has 1 atom stereocenters. The number of nitrogens with one attached hydrogen (secondary N) is 1. The fourth-order valence-corrected chi connectivity index (χ4v) is 1.57. The number of carbonyl (C=O) groups is 1. The first-order valence-electron chi connectivity index (χ1n) is 4.32. The summed E-state index contributed by atoms with van der Waals surface area (Å²) in [5.41, 5.74) is 7.23. The summed E-state index contributed by atoms with van der Waals surface area (Å²) in [4.78, 5) is 10.6. The molecule has 0 aromatic heterocycles. The molecule has 0 saturated heterocycles. The van der Waals surface area contributed by atoms with E-state index in [1.807, 2.05) is 32.0 Å². The number of halogens is 1. The fourth-order valence-electron chi connectivity index (χ4n) is 1.18. The maximum Gasteiger partial charge on any atom is 0.312 e. The lowest BCUT2D eigenvalue weighted by atomic mass is 10.1. The van der Waals surface area contributed by atoms with E-state index in [0.29, 0.717) is 0 Å². The topological polar surface area (TPSA) is 55.1 Å². The molecule has 76 valence electrons. The van der Waals surface area contributed by atoms with E-state index in [2.05, 4.69) is 21.2 Å². The summed E-state index contributed by atoms with van der Waals surface area (Å²) in [7, 11) is 0. The van der Waals surface area contributed by atoms with Crippen LogP contribution in [-0.2, 0) is 0 Å². The first kappa shape index (κ1) is 11.0. The third-order valence-electron chi connectivity index (χ3n) is 2.05. The third kappa shape index (κ3) is 2.73. The van der Waals surface area contributed by atoms with Crippen LogP contribution in [0.1, 0.15) is 24.1 Å². The van der Waals surface area contributed by atoms with Crippen molar-refractivity contribution in [2.45, 2.75) is 19.9 Å². The second kappa shape index (κ2) is 4.46. The molecule has 0 aliphatic carbocycles. The fraction of sp³-hybridized carbons (Fsp3) is 0.300. The molecule has 0 spiro atoms. The van der Waals surface area contributed by atoms with Gasteiger partial charge in [-0.25, -0.2) is 4.79 Å². The van der Waals surface area contributed by atoms with Crippen molar-refractivity contribution in [3.8, 4) is 0 Å². The molecule has 0 heterocycles. The highest BCUT2D eigenvalue weighted by Gasteiger charge is 2.07. The first-order valence-corrected chi connectivity index (χ1v) is 5.12. The minimum atomic E-state index is -0.505. The zero-order valence-corrected chi connectivity index (χ0v) is 9.76. The number of amides is 2. The largest absolute Gasteiger partial charge is 0.352 e. The molecule has 0 bridgehead atoms. The number of urea groups is 1. The van der Waals surface area contributed by atoms with Gasteiger partial charge in [-0.05, 0) is 31.0 Å². The van der Waals surface area contributed by atoms with Gasteiger partial charge in [0.05, 0.1) is 6.04 Å². The van der Waals surface area contributed by atoms with Gasteiger partial charge in [0.15, 0.2) is 0 Å². The van der Waals surface area contributed by atoms with E-state index in [0.717, 1.165) is 10.0 Å². The van der Waals surface area contributed by atoms with E-state index in [9.17, 15) is 4.79 Å². The molecule has 3 nitrogen and oxygen atoms in total. The number of aryl methyl sites for hydroxylation is 1. The normalized spacial score (nSPS) is 12.2. The number of rotatable bonds is 2. The van der Waals surface area contributed by atoms with Gasteiger partial charge >= 0.3 is 6.03 Å². The highest BCUT2D eigenvalue weighted by atomic mass is 79.9. The number of primary amides is 1. The van der Waals surface area contributed by atoms with Crippen LogP contribution in [0, 0.1) is 6.92 Å². The molecule has 14 heavy (non-hydrogen) atoms. The van der Waals surface area contributed by atoms with E-state index in [-0.39, 0.29) is 6.04 Å². The summed E-state index contributed by atoms with van der Waals surface area (Å²) >= 11 is 3.44. The molecular weight excluding hydrogens is 244 g/mol. The molecule has 3 N–H and O–H groups in total. The molecule has 0 radical (unpaired) electrons. The van der Waals surface area contributed by atoms with Crippen LogP contribution in [0.25, 0.3) is 0 Å². The SMILES string of the molecule is Cc1ccc(C(C)NC(N)=O)cc1Br. The van der Waals surface area contributed by atoms with E-state index >= 15 is 0 Å². The first-order chi connectivity index (χ1) is 6.50. The molecular formula is C10H13BrN2O. The summed E-state index contributed by atoms with van der Waals surface area (Å²) in [5.74, 6) is 0. The minimum absolute atomic E-state index is 0.0654. The number of carbonyl (C=O) groups excluding carboxylic acids is 1. The van der Waals surface area contributed by atoms with Crippen molar-refractivity contribution in [1.29, 1.82) is 0 Å². The molecule has 0 aliphatic heterocycles. The van der Waals surface area contributed by atoms with Crippen LogP contribution in [0.3, 0.4) is 0 Å². The molecule has 1 unspecified atom stereocenters. The molecule has 2 amide bonds. The molecule has 0 saturated carbocycles. The van der Waals surface area contributed by atoms with Crippen molar-refractivity contribution in [2.75, 3.05) is 0 Å². The Bertz CT molecular complexity index is 352. The van der Waals surface area contributed by atoms with E-state index in [1.165, 1.54) is 5.56 Å². The summed E-state index contributed by atoms with van der Waals surface area (Å²) in [6, 6.07) is 5.38. The Morgan fingerprint density at radius 2 is 2.21 bits per heavy atom. The van der Waals surface area contributed by atoms with Gasteiger partial charge < -0.3 is 11.1 Å². The zero-order valence-electron chi connectivity index (χ0n) is 8.17. The maximum atomic E-state index is 10.6. The Balaban J connectivity index is 2.85. The standard InChI is InChI=1S/C10H13BrN2O/c1-6-3-4-8(5-9(6)11)7(2)13-10(12)14/h3-5,7H,1-2H3,(H3,12,13,14). The van der Waals surface area contributed by atoms with Gasteiger partial charge in [0.1, 0.15) is 0 Å². The van der Waals surface area contributed by atoms with Crippen molar-refractivity contribution in [1.82, 2.24) is 5.32 Å². The second-order valence-corrected chi connectivity index (χ2v) is 4.09. The highest BCUT2D eigenvalue weighted by molar-refractivity contribution is 9.10. The van der Waals surface area contributed by atoms with Crippen LogP contribution < -0.4 is 11.1 Å². The molecule has 1 aromatic rings. The van der Waals surface area contributed by atoms with E-state index in [4.69, 9.17) is 5.73 Å². The average molecular weight is 257 g/mol. The summed E-state index contributed by atoms with van der Waals surface area (Å²) in [5, 5.41) is 2.62. The number of nitrogens with two attached hydrogens (primary N) is 1. The summed E-state index contributed by atoms with van der Waals surface area (Å²) < 4.78 is 1.04. The second-order valence-electron chi connectivity index (χ2n) is 3.24. The molecule has 0 fully saturated rings.